The molecule has 2 aliphatic heterocycles. The van der Waals surface area contributed by atoms with Crippen LogP contribution in [-0.2, 0) is 20.9 Å². The molecule has 23 heavy (non-hydrogen) atoms. The van der Waals surface area contributed by atoms with Gasteiger partial charge in [0, 0.05) is 17.9 Å². The summed E-state index contributed by atoms with van der Waals surface area (Å²) in [5.74, 6) is -0.893. The van der Waals surface area contributed by atoms with Crippen molar-refractivity contribution < 1.29 is 14.3 Å². The first-order chi connectivity index (χ1) is 11.1. The van der Waals surface area contributed by atoms with Gasteiger partial charge in [-0.25, -0.2) is 0 Å². The third kappa shape index (κ3) is 2.81. The van der Waals surface area contributed by atoms with Crippen molar-refractivity contribution in [2.24, 2.45) is 5.92 Å². The number of esters is 1. The second kappa shape index (κ2) is 6.24. The summed E-state index contributed by atoms with van der Waals surface area (Å²) in [6.45, 7) is 2.53. The highest BCUT2D eigenvalue weighted by Gasteiger charge is 2.52. The number of nitrogens with zero attached hydrogens (tertiary/aromatic N) is 1. The lowest BCUT2D eigenvalue weighted by atomic mass is 9.96. The summed E-state index contributed by atoms with van der Waals surface area (Å²) < 4.78 is 4.97. The lowest BCUT2D eigenvalue weighted by Gasteiger charge is -2.44. The van der Waals surface area contributed by atoms with Crippen LogP contribution < -0.4 is 0 Å². The summed E-state index contributed by atoms with van der Waals surface area (Å²) in [4.78, 5) is 25.8. The SMILES string of the molecule is COC(=O)[C@@H]1C=C[C@H](C)S[C@]12C=CC(=O)N2Cc1ccccc1. The van der Waals surface area contributed by atoms with E-state index < -0.39 is 10.8 Å². The van der Waals surface area contributed by atoms with Crippen LogP contribution in [0.4, 0.5) is 0 Å². The van der Waals surface area contributed by atoms with E-state index in [-0.39, 0.29) is 17.1 Å². The second-order valence-electron chi connectivity index (χ2n) is 5.70. The minimum atomic E-state index is -0.714. The fraction of sp³-hybridized carbons (Fsp3) is 0.333. The smallest absolute Gasteiger partial charge is 0.316 e. The maximum absolute atomic E-state index is 12.5. The number of amides is 1. The Labute approximate surface area is 140 Å². The van der Waals surface area contributed by atoms with Crippen LogP contribution in [0.25, 0.3) is 0 Å². The van der Waals surface area contributed by atoms with Crippen LogP contribution in [0.15, 0.2) is 54.6 Å². The zero-order chi connectivity index (χ0) is 16.4. The third-order valence-corrected chi connectivity index (χ3v) is 5.70. The molecule has 0 saturated heterocycles. The zero-order valence-corrected chi connectivity index (χ0v) is 14.0. The fourth-order valence-electron chi connectivity index (χ4n) is 3.08. The molecule has 0 unspecified atom stereocenters. The van der Waals surface area contributed by atoms with Crippen LogP contribution in [0.1, 0.15) is 12.5 Å². The Kier molecular flexibility index (Phi) is 4.31. The number of ether oxygens (including phenoxy) is 1. The molecule has 0 N–H and O–H groups in total. The first-order valence-electron chi connectivity index (χ1n) is 7.55. The molecule has 0 radical (unpaired) electrons. The highest BCUT2D eigenvalue weighted by Crippen LogP contribution is 2.48. The monoisotopic (exact) mass is 329 g/mol. The Morgan fingerprint density at radius 1 is 1.30 bits per heavy atom. The first-order valence-corrected chi connectivity index (χ1v) is 8.43. The number of methoxy groups -OCH3 is 1. The Hall–Kier alpha value is -2.01. The summed E-state index contributed by atoms with van der Waals surface area (Å²) in [6, 6.07) is 9.81. The highest BCUT2D eigenvalue weighted by atomic mass is 32.2. The first kappa shape index (κ1) is 15.9. The molecule has 2 heterocycles. The van der Waals surface area contributed by atoms with Crippen LogP contribution in [0.3, 0.4) is 0 Å². The lowest BCUT2D eigenvalue weighted by molar-refractivity contribution is -0.146. The van der Waals surface area contributed by atoms with E-state index in [1.165, 1.54) is 7.11 Å². The van der Waals surface area contributed by atoms with E-state index in [4.69, 9.17) is 4.74 Å². The highest BCUT2D eigenvalue weighted by molar-refractivity contribution is 8.01. The standard InChI is InChI=1S/C18H19NO3S/c1-13-8-9-15(17(21)22-2)18(23-13)11-10-16(20)19(18)12-14-6-4-3-5-7-14/h3-11,13,15H,12H2,1-2H3/t13-,15-,18+/m0/s1. The van der Waals surface area contributed by atoms with Gasteiger partial charge in [0.15, 0.2) is 0 Å². The van der Waals surface area contributed by atoms with Crippen molar-refractivity contribution in [3.8, 4) is 0 Å². The molecular formula is C18H19NO3S. The normalized spacial score (nSPS) is 29.3. The van der Waals surface area contributed by atoms with Crippen LogP contribution >= 0.6 is 11.8 Å². The molecule has 0 bridgehead atoms. The minimum Gasteiger partial charge on any atom is -0.468 e. The zero-order valence-electron chi connectivity index (χ0n) is 13.1. The predicted octanol–water partition coefficient (Wildman–Crippen LogP) is 2.76. The Bertz CT molecular complexity index is 670. The topological polar surface area (TPSA) is 46.6 Å². The number of hydrogen-bond acceptors (Lipinski definition) is 4. The van der Waals surface area contributed by atoms with Crippen molar-refractivity contribution in [3.63, 3.8) is 0 Å². The average molecular weight is 329 g/mol. The van der Waals surface area contributed by atoms with Gasteiger partial charge in [-0.2, -0.15) is 0 Å². The van der Waals surface area contributed by atoms with Gasteiger partial charge in [-0.15, -0.1) is 11.8 Å². The van der Waals surface area contributed by atoms with Crippen molar-refractivity contribution in [1.29, 1.82) is 0 Å². The molecule has 5 heteroatoms. The number of thioether (sulfide) groups is 1. The number of carbonyl (C=O) groups excluding carboxylic acids is 2. The number of rotatable bonds is 3. The van der Waals surface area contributed by atoms with Gasteiger partial charge in [-0.05, 0) is 18.6 Å². The molecule has 3 rings (SSSR count). The van der Waals surface area contributed by atoms with E-state index in [1.807, 2.05) is 48.6 Å². The molecule has 1 aromatic rings. The number of benzene rings is 1. The Morgan fingerprint density at radius 2 is 2.04 bits per heavy atom. The van der Waals surface area contributed by atoms with Crippen LogP contribution in [-0.4, -0.2) is 34.0 Å². The molecule has 0 aromatic heterocycles. The maximum atomic E-state index is 12.5. The Balaban J connectivity index is 1.99. The van der Waals surface area contributed by atoms with E-state index in [0.717, 1.165) is 5.56 Å². The third-order valence-electron chi connectivity index (χ3n) is 4.19. The summed E-state index contributed by atoms with van der Waals surface area (Å²) in [5.41, 5.74) is 1.04. The molecule has 1 spiro atoms. The molecule has 1 aromatic carbocycles. The summed E-state index contributed by atoms with van der Waals surface area (Å²) in [5, 5.41) is 0.213. The van der Waals surface area contributed by atoms with Crippen molar-refractivity contribution >= 4 is 23.6 Å². The van der Waals surface area contributed by atoms with E-state index in [9.17, 15) is 9.59 Å². The fourth-order valence-corrected chi connectivity index (χ4v) is 4.59. The average Bonchev–Trinajstić information content (AvgIpc) is 2.85. The maximum Gasteiger partial charge on any atom is 0.316 e. The lowest BCUT2D eigenvalue weighted by Crippen LogP contribution is -2.52. The van der Waals surface area contributed by atoms with E-state index in [0.29, 0.717) is 6.54 Å². The van der Waals surface area contributed by atoms with Gasteiger partial charge in [0.25, 0.3) is 0 Å². The van der Waals surface area contributed by atoms with Gasteiger partial charge < -0.3 is 9.64 Å². The van der Waals surface area contributed by atoms with Gasteiger partial charge in [-0.3, -0.25) is 9.59 Å². The molecule has 1 amide bonds. The van der Waals surface area contributed by atoms with E-state index >= 15 is 0 Å². The summed E-state index contributed by atoms with van der Waals surface area (Å²) in [6.07, 6.45) is 7.28. The largest absolute Gasteiger partial charge is 0.468 e. The predicted molar refractivity (Wildman–Crippen MR) is 90.6 cm³/mol. The van der Waals surface area contributed by atoms with Crippen LogP contribution in [0.2, 0.25) is 0 Å². The van der Waals surface area contributed by atoms with Gasteiger partial charge in [0.1, 0.15) is 10.8 Å². The van der Waals surface area contributed by atoms with Gasteiger partial charge >= 0.3 is 5.97 Å². The minimum absolute atomic E-state index is 0.0715. The van der Waals surface area contributed by atoms with Crippen molar-refractivity contribution in [3.05, 3.63) is 60.2 Å². The molecule has 4 nitrogen and oxygen atoms in total. The molecule has 120 valence electrons. The summed E-state index contributed by atoms with van der Waals surface area (Å²) >= 11 is 1.61. The van der Waals surface area contributed by atoms with Crippen LogP contribution in [0, 0.1) is 5.92 Å². The van der Waals surface area contributed by atoms with Crippen molar-refractivity contribution in [1.82, 2.24) is 4.90 Å². The molecular weight excluding hydrogens is 310 g/mol. The van der Waals surface area contributed by atoms with Crippen molar-refractivity contribution in [2.75, 3.05) is 7.11 Å². The molecule has 0 saturated carbocycles. The summed E-state index contributed by atoms with van der Waals surface area (Å²) in [7, 11) is 1.38. The molecule has 0 aliphatic carbocycles. The van der Waals surface area contributed by atoms with E-state index in [2.05, 4.69) is 6.92 Å². The Morgan fingerprint density at radius 3 is 2.74 bits per heavy atom. The molecule has 3 atom stereocenters. The second-order valence-corrected chi connectivity index (χ2v) is 7.34. The molecule has 2 aliphatic rings. The van der Waals surface area contributed by atoms with Crippen LogP contribution in [0.5, 0.6) is 0 Å². The van der Waals surface area contributed by atoms with E-state index in [1.54, 1.807) is 22.7 Å². The van der Waals surface area contributed by atoms with Crippen molar-refractivity contribution in [2.45, 2.75) is 23.6 Å². The van der Waals surface area contributed by atoms with Gasteiger partial charge in [-0.1, -0.05) is 42.5 Å². The molecule has 0 fully saturated rings. The number of hydrogen-bond donors (Lipinski definition) is 0. The van der Waals surface area contributed by atoms with Gasteiger partial charge in [0.05, 0.1) is 7.11 Å². The quantitative estimate of drug-likeness (QED) is 0.632. The number of carbonyl (C=O) groups is 2. The van der Waals surface area contributed by atoms with Gasteiger partial charge in [0.2, 0.25) is 5.91 Å².